The Morgan fingerprint density at radius 1 is 0.950 bits per heavy atom. The number of unbranched alkanes of at least 4 members (excludes halogenated alkanes) is 8. The van der Waals surface area contributed by atoms with E-state index in [1.807, 2.05) is 17.1 Å². The third-order valence-corrected chi connectivity index (χ3v) is 3.92. The van der Waals surface area contributed by atoms with Crippen LogP contribution < -0.4 is 0 Å². The molecule has 1 atom stereocenters. The molecule has 0 saturated carbocycles. The molecule has 1 unspecified atom stereocenters. The fraction of sp³-hybridized carbons (Fsp3) is 0.824. The van der Waals surface area contributed by atoms with E-state index in [0.29, 0.717) is 0 Å². The van der Waals surface area contributed by atoms with Crippen molar-refractivity contribution < 1.29 is 5.11 Å². The molecule has 1 N–H and O–H groups in total. The predicted molar refractivity (Wildman–Crippen MR) is 84.7 cm³/mol. The molecular formula is C17H32N2O. The van der Waals surface area contributed by atoms with Crippen molar-refractivity contribution in [2.45, 2.75) is 90.2 Å². The Morgan fingerprint density at radius 2 is 1.60 bits per heavy atom. The fourth-order valence-electron chi connectivity index (χ4n) is 2.55. The summed E-state index contributed by atoms with van der Waals surface area (Å²) < 4.78 is 2.03. The molecule has 0 saturated heterocycles. The van der Waals surface area contributed by atoms with Gasteiger partial charge in [-0.1, -0.05) is 64.7 Å². The molecule has 0 amide bonds. The maximum atomic E-state index is 9.91. The quantitative estimate of drug-likeness (QED) is 0.538. The Morgan fingerprint density at radius 3 is 2.20 bits per heavy atom. The molecule has 116 valence electrons. The van der Waals surface area contributed by atoms with Crippen molar-refractivity contribution in [2.24, 2.45) is 0 Å². The summed E-state index contributed by atoms with van der Waals surface area (Å²) in [4.78, 5) is 4.00. The normalized spacial score (nSPS) is 12.7. The Hall–Kier alpha value is -0.830. The second kappa shape index (κ2) is 12.0. The number of hydrogen-bond acceptors (Lipinski definition) is 2. The smallest absolute Gasteiger partial charge is 0.0945 e. The van der Waals surface area contributed by atoms with Gasteiger partial charge in [-0.25, -0.2) is 4.98 Å². The molecule has 0 aliphatic carbocycles. The number of aliphatic hydroxyl groups excluding tert-OH is 1. The monoisotopic (exact) mass is 280 g/mol. The third-order valence-electron chi connectivity index (χ3n) is 3.92. The summed E-state index contributed by atoms with van der Waals surface area (Å²) >= 11 is 0. The molecule has 0 radical (unpaired) electrons. The van der Waals surface area contributed by atoms with Crippen LogP contribution in [0.3, 0.4) is 0 Å². The van der Waals surface area contributed by atoms with Crippen molar-refractivity contribution in [2.75, 3.05) is 0 Å². The lowest BCUT2D eigenvalue weighted by molar-refractivity contribution is 0.145. The minimum atomic E-state index is -0.151. The summed E-state index contributed by atoms with van der Waals surface area (Å²) in [5, 5.41) is 9.91. The molecule has 0 spiro atoms. The van der Waals surface area contributed by atoms with E-state index in [4.69, 9.17) is 0 Å². The number of rotatable bonds is 13. The van der Waals surface area contributed by atoms with Crippen LogP contribution in [0.1, 0.15) is 77.6 Å². The Labute approximate surface area is 124 Å². The number of hydrogen-bond donors (Lipinski definition) is 1. The van der Waals surface area contributed by atoms with Gasteiger partial charge in [0, 0.05) is 18.9 Å². The van der Waals surface area contributed by atoms with E-state index >= 15 is 0 Å². The highest BCUT2D eigenvalue weighted by atomic mass is 16.3. The maximum Gasteiger partial charge on any atom is 0.0945 e. The van der Waals surface area contributed by atoms with E-state index in [1.165, 1.54) is 57.8 Å². The maximum absolute atomic E-state index is 9.91. The summed E-state index contributed by atoms with van der Waals surface area (Å²) in [5.41, 5.74) is 0. The molecule has 1 aromatic heterocycles. The molecule has 1 aromatic rings. The van der Waals surface area contributed by atoms with Gasteiger partial charge >= 0.3 is 0 Å². The predicted octanol–water partition coefficient (Wildman–Crippen LogP) is 4.56. The number of aliphatic hydroxyl groups is 1. The van der Waals surface area contributed by atoms with Crippen molar-refractivity contribution in [3.63, 3.8) is 0 Å². The zero-order chi connectivity index (χ0) is 14.5. The van der Waals surface area contributed by atoms with Gasteiger partial charge in [-0.05, 0) is 12.8 Å². The molecule has 3 nitrogen and oxygen atoms in total. The van der Waals surface area contributed by atoms with Gasteiger partial charge in [-0.3, -0.25) is 0 Å². The molecule has 1 rings (SSSR count). The standard InChI is InChI=1S/C17H32N2O/c1-2-3-4-5-6-7-8-9-10-11-17(20)12-14-19-15-13-18-16-19/h13,15-17,20H,2-12,14H2,1H3. The largest absolute Gasteiger partial charge is 0.393 e. The highest BCUT2D eigenvalue weighted by molar-refractivity contribution is 4.74. The minimum absolute atomic E-state index is 0.151. The number of nitrogens with zero attached hydrogens (tertiary/aromatic N) is 2. The van der Waals surface area contributed by atoms with Gasteiger partial charge in [0.05, 0.1) is 12.4 Å². The molecule has 0 fully saturated rings. The van der Waals surface area contributed by atoms with Crippen molar-refractivity contribution >= 4 is 0 Å². The van der Waals surface area contributed by atoms with E-state index < -0.39 is 0 Å². The van der Waals surface area contributed by atoms with Gasteiger partial charge in [0.2, 0.25) is 0 Å². The third kappa shape index (κ3) is 9.13. The number of imidazole rings is 1. The number of aromatic nitrogens is 2. The van der Waals surface area contributed by atoms with Gasteiger partial charge in [0.25, 0.3) is 0 Å². The van der Waals surface area contributed by atoms with Crippen molar-refractivity contribution in [1.82, 2.24) is 9.55 Å². The van der Waals surface area contributed by atoms with Crippen LogP contribution in [0, 0.1) is 0 Å². The lowest BCUT2D eigenvalue weighted by Crippen LogP contribution is -2.10. The van der Waals surface area contributed by atoms with Crippen LogP contribution in [0.25, 0.3) is 0 Å². The average Bonchev–Trinajstić information content (AvgIpc) is 2.96. The molecule has 0 aromatic carbocycles. The SMILES string of the molecule is CCCCCCCCCCCC(O)CCn1ccnc1. The first-order valence-electron chi connectivity index (χ1n) is 8.46. The Balaban J connectivity index is 1.83. The zero-order valence-corrected chi connectivity index (χ0v) is 13.1. The summed E-state index contributed by atoms with van der Waals surface area (Å²) in [7, 11) is 0. The molecule has 0 aliphatic rings. The molecule has 0 aliphatic heterocycles. The van der Waals surface area contributed by atoms with Crippen LogP contribution in [-0.2, 0) is 6.54 Å². The van der Waals surface area contributed by atoms with Crippen molar-refractivity contribution in [3.05, 3.63) is 18.7 Å². The summed E-state index contributed by atoms with van der Waals surface area (Å²) in [6, 6.07) is 0. The highest BCUT2D eigenvalue weighted by Crippen LogP contribution is 2.12. The van der Waals surface area contributed by atoms with E-state index in [9.17, 15) is 5.11 Å². The van der Waals surface area contributed by atoms with Crippen molar-refractivity contribution in [3.8, 4) is 0 Å². The van der Waals surface area contributed by atoms with Crippen LogP contribution in [0.4, 0.5) is 0 Å². The molecular weight excluding hydrogens is 248 g/mol. The van der Waals surface area contributed by atoms with Gasteiger partial charge in [0.1, 0.15) is 0 Å². The fourth-order valence-corrected chi connectivity index (χ4v) is 2.55. The van der Waals surface area contributed by atoms with Crippen LogP contribution in [0.2, 0.25) is 0 Å². The van der Waals surface area contributed by atoms with E-state index in [2.05, 4.69) is 11.9 Å². The first kappa shape index (κ1) is 17.2. The van der Waals surface area contributed by atoms with Crippen LogP contribution in [-0.4, -0.2) is 20.8 Å². The lowest BCUT2D eigenvalue weighted by Gasteiger charge is -2.10. The van der Waals surface area contributed by atoms with Crippen LogP contribution in [0.15, 0.2) is 18.7 Å². The number of aryl methyl sites for hydroxylation is 1. The Bertz CT molecular complexity index is 298. The van der Waals surface area contributed by atoms with E-state index in [0.717, 1.165) is 19.4 Å². The summed E-state index contributed by atoms with van der Waals surface area (Å²) in [6.45, 7) is 3.14. The molecule has 0 bridgehead atoms. The topological polar surface area (TPSA) is 38.0 Å². The molecule has 3 heteroatoms. The van der Waals surface area contributed by atoms with Gasteiger partial charge in [0.15, 0.2) is 0 Å². The lowest BCUT2D eigenvalue weighted by atomic mass is 10.0. The first-order chi connectivity index (χ1) is 9.83. The van der Waals surface area contributed by atoms with Crippen LogP contribution >= 0.6 is 0 Å². The van der Waals surface area contributed by atoms with Crippen molar-refractivity contribution in [1.29, 1.82) is 0 Å². The second-order valence-electron chi connectivity index (χ2n) is 5.86. The molecule has 20 heavy (non-hydrogen) atoms. The van der Waals surface area contributed by atoms with Crippen LogP contribution in [0.5, 0.6) is 0 Å². The summed E-state index contributed by atoms with van der Waals surface area (Å²) in [6.07, 6.45) is 19.3. The highest BCUT2D eigenvalue weighted by Gasteiger charge is 2.04. The first-order valence-corrected chi connectivity index (χ1v) is 8.46. The Kier molecular flexibility index (Phi) is 10.3. The minimum Gasteiger partial charge on any atom is -0.393 e. The summed E-state index contributed by atoms with van der Waals surface area (Å²) in [5.74, 6) is 0. The molecule has 1 heterocycles. The van der Waals surface area contributed by atoms with Gasteiger partial charge in [-0.15, -0.1) is 0 Å². The van der Waals surface area contributed by atoms with E-state index in [-0.39, 0.29) is 6.10 Å². The average molecular weight is 280 g/mol. The van der Waals surface area contributed by atoms with Gasteiger partial charge in [-0.2, -0.15) is 0 Å². The zero-order valence-electron chi connectivity index (χ0n) is 13.1. The van der Waals surface area contributed by atoms with Gasteiger partial charge < -0.3 is 9.67 Å². The second-order valence-corrected chi connectivity index (χ2v) is 5.86. The van der Waals surface area contributed by atoms with E-state index in [1.54, 1.807) is 6.20 Å².